The molecule has 0 aliphatic rings. The second-order valence-electron chi connectivity index (χ2n) is 6.47. The molecule has 0 spiro atoms. The minimum atomic E-state index is 0.302. The van der Waals surface area contributed by atoms with Gasteiger partial charge in [0.05, 0.1) is 0 Å². The van der Waals surface area contributed by atoms with Gasteiger partial charge in [-0.3, -0.25) is 4.90 Å². The van der Waals surface area contributed by atoms with Crippen LogP contribution in [0.1, 0.15) is 51.8 Å². The first-order chi connectivity index (χ1) is 8.94. The summed E-state index contributed by atoms with van der Waals surface area (Å²) in [5.41, 5.74) is 6.08. The molecule has 1 aromatic rings. The molecule has 0 aromatic carbocycles. The molecule has 110 valence electrons. The Balaban J connectivity index is 2.30. The first-order valence-electron chi connectivity index (χ1n) is 7.41. The Hall–Kier alpha value is -0.380. The van der Waals surface area contributed by atoms with Gasteiger partial charge in [-0.15, -0.1) is 11.3 Å². The van der Waals surface area contributed by atoms with E-state index in [1.807, 2.05) is 11.3 Å². The van der Waals surface area contributed by atoms with Crippen LogP contribution in [-0.4, -0.2) is 24.0 Å². The fraction of sp³-hybridized carbons (Fsp3) is 0.750. The van der Waals surface area contributed by atoms with Crippen LogP contribution in [-0.2, 0) is 6.54 Å². The van der Waals surface area contributed by atoms with Crippen LogP contribution in [0.15, 0.2) is 17.5 Å². The molecule has 0 bridgehead atoms. The zero-order chi connectivity index (χ0) is 14.3. The van der Waals surface area contributed by atoms with E-state index in [9.17, 15) is 0 Å². The third kappa shape index (κ3) is 6.55. The number of rotatable bonds is 9. The standard InChI is InChI=1S/C16H30N2S/c1-14(2)18(12-15-8-7-11-19-15)10-6-5-9-16(3,4)13-17/h7-8,11,14H,5-6,9-10,12-13,17H2,1-4H3. The largest absolute Gasteiger partial charge is 0.330 e. The van der Waals surface area contributed by atoms with E-state index in [1.54, 1.807) is 0 Å². The fourth-order valence-electron chi connectivity index (χ4n) is 2.14. The summed E-state index contributed by atoms with van der Waals surface area (Å²) in [5.74, 6) is 0. The fourth-order valence-corrected chi connectivity index (χ4v) is 2.87. The van der Waals surface area contributed by atoms with Gasteiger partial charge >= 0.3 is 0 Å². The molecule has 0 saturated heterocycles. The van der Waals surface area contributed by atoms with Crippen molar-refractivity contribution in [1.82, 2.24) is 4.90 Å². The summed E-state index contributed by atoms with van der Waals surface area (Å²) >= 11 is 1.86. The number of hydrogen-bond acceptors (Lipinski definition) is 3. The van der Waals surface area contributed by atoms with Gasteiger partial charge in [-0.1, -0.05) is 26.3 Å². The maximum absolute atomic E-state index is 5.78. The molecule has 0 fully saturated rings. The van der Waals surface area contributed by atoms with Gasteiger partial charge in [-0.05, 0) is 56.6 Å². The second kappa shape index (κ2) is 8.03. The predicted molar refractivity (Wildman–Crippen MR) is 86.6 cm³/mol. The van der Waals surface area contributed by atoms with Crippen LogP contribution in [0.2, 0.25) is 0 Å². The molecule has 19 heavy (non-hydrogen) atoms. The predicted octanol–water partition coefficient (Wildman–Crippen LogP) is 4.11. The van der Waals surface area contributed by atoms with Gasteiger partial charge in [0.2, 0.25) is 0 Å². The van der Waals surface area contributed by atoms with Crippen molar-refractivity contribution in [3.63, 3.8) is 0 Å². The molecule has 1 heterocycles. The molecular weight excluding hydrogens is 252 g/mol. The van der Waals surface area contributed by atoms with Crippen LogP contribution < -0.4 is 5.73 Å². The van der Waals surface area contributed by atoms with Crippen LogP contribution >= 0.6 is 11.3 Å². The van der Waals surface area contributed by atoms with E-state index in [0.29, 0.717) is 11.5 Å². The van der Waals surface area contributed by atoms with Gasteiger partial charge < -0.3 is 5.73 Å². The molecule has 0 atom stereocenters. The van der Waals surface area contributed by atoms with Crippen LogP contribution in [0, 0.1) is 5.41 Å². The first kappa shape index (κ1) is 16.7. The lowest BCUT2D eigenvalue weighted by molar-refractivity contribution is 0.205. The zero-order valence-corrected chi connectivity index (χ0v) is 13.8. The molecule has 0 aliphatic heterocycles. The Morgan fingerprint density at radius 1 is 1.32 bits per heavy atom. The van der Waals surface area contributed by atoms with E-state index in [-0.39, 0.29) is 0 Å². The lowest BCUT2D eigenvalue weighted by Crippen LogP contribution is -2.31. The van der Waals surface area contributed by atoms with Crippen LogP contribution in [0.3, 0.4) is 0 Å². The summed E-state index contributed by atoms with van der Waals surface area (Å²) in [6.45, 7) is 12.2. The number of unbranched alkanes of at least 4 members (excludes halogenated alkanes) is 1. The van der Waals surface area contributed by atoms with Crippen molar-refractivity contribution < 1.29 is 0 Å². The molecule has 0 unspecified atom stereocenters. The highest BCUT2D eigenvalue weighted by molar-refractivity contribution is 7.09. The maximum Gasteiger partial charge on any atom is 0.0330 e. The van der Waals surface area contributed by atoms with Gasteiger partial charge in [-0.25, -0.2) is 0 Å². The molecule has 2 N–H and O–H groups in total. The van der Waals surface area contributed by atoms with E-state index in [2.05, 4.69) is 50.1 Å². The molecule has 3 heteroatoms. The molecule has 0 radical (unpaired) electrons. The van der Waals surface area contributed by atoms with E-state index in [4.69, 9.17) is 5.73 Å². The Bertz CT molecular complexity index is 331. The smallest absolute Gasteiger partial charge is 0.0330 e. The Morgan fingerprint density at radius 3 is 2.58 bits per heavy atom. The van der Waals surface area contributed by atoms with E-state index < -0.39 is 0 Å². The number of nitrogens with zero attached hydrogens (tertiary/aromatic N) is 1. The Morgan fingerprint density at radius 2 is 2.05 bits per heavy atom. The summed E-state index contributed by atoms with van der Waals surface area (Å²) in [7, 11) is 0. The van der Waals surface area contributed by atoms with Gasteiger partial charge in [0.15, 0.2) is 0 Å². The third-order valence-corrected chi connectivity index (χ3v) is 4.63. The highest BCUT2D eigenvalue weighted by Crippen LogP contribution is 2.22. The molecule has 1 rings (SSSR count). The summed E-state index contributed by atoms with van der Waals surface area (Å²) in [4.78, 5) is 4.04. The third-order valence-electron chi connectivity index (χ3n) is 3.77. The average Bonchev–Trinajstić information content (AvgIpc) is 2.85. The summed E-state index contributed by atoms with van der Waals surface area (Å²) in [6.07, 6.45) is 3.78. The molecule has 0 aliphatic carbocycles. The van der Waals surface area contributed by atoms with Gasteiger partial charge in [-0.2, -0.15) is 0 Å². The number of hydrogen-bond donors (Lipinski definition) is 1. The van der Waals surface area contributed by atoms with E-state index >= 15 is 0 Å². The second-order valence-corrected chi connectivity index (χ2v) is 7.50. The molecule has 0 amide bonds. The van der Waals surface area contributed by atoms with Gasteiger partial charge in [0, 0.05) is 17.5 Å². The van der Waals surface area contributed by atoms with Crippen molar-refractivity contribution in [3.8, 4) is 0 Å². The summed E-state index contributed by atoms with van der Waals surface area (Å²) in [6, 6.07) is 4.99. The van der Waals surface area contributed by atoms with Crippen molar-refractivity contribution in [2.45, 2.75) is 59.5 Å². The van der Waals surface area contributed by atoms with Crippen molar-refractivity contribution in [2.75, 3.05) is 13.1 Å². The number of thiophene rings is 1. The molecule has 0 saturated carbocycles. The Labute approximate surface area is 123 Å². The zero-order valence-electron chi connectivity index (χ0n) is 13.0. The van der Waals surface area contributed by atoms with Gasteiger partial charge in [0.25, 0.3) is 0 Å². The average molecular weight is 282 g/mol. The Kier molecular flexibility index (Phi) is 7.05. The topological polar surface area (TPSA) is 29.3 Å². The number of nitrogens with two attached hydrogens (primary N) is 1. The molecule has 2 nitrogen and oxygen atoms in total. The summed E-state index contributed by atoms with van der Waals surface area (Å²) in [5, 5.41) is 2.16. The minimum absolute atomic E-state index is 0.302. The maximum atomic E-state index is 5.78. The monoisotopic (exact) mass is 282 g/mol. The van der Waals surface area contributed by atoms with E-state index in [1.165, 1.54) is 30.7 Å². The SMILES string of the molecule is CC(C)N(CCCCC(C)(C)CN)Cc1cccs1. The normalized spacial score (nSPS) is 12.6. The van der Waals surface area contributed by atoms with Crippen molar-refractivity contribution >= 4 is 11.3 Å². The quantitative estimate of drug-likeness (QED) is 0.691. The molecular formula is C16H30N2S. The highest BCUT2D eigenvalue weighted by Gasteiger charge is 2.15. The molecule has 1 aromatic heterocycles. The van der Waals surface area contributed by atoms with Crippen molar-refractivity contribution in [1.29, 1.82) is 0 Å². The van der Waals surface area contributed by atoms with Crippen molar-refractivity contribution in [2.24, 2.45) is 11.1 Å². The van der Waals surface area contributed by atoms with Crippen LogP contribution in [0.5, 0.6) is 0 Å². The van der Waals surface area contributed by atoms with Crippen LogP contribution in [0.25, 0.3) is 0 Å². The lowest BCUT2D eigenvalue weighted by Gasteiger charge is -2.27. The first-order valence-corrected chi connectivity index (χ1v) is 8.29. The van der Waals surface area contributed by atoms with Crippen molar-refractivity contribution in [3.05, 3.63) is 22.4 Å². The highest BCUT2D eigenvalue weighted by atomic mass is 32.1. The minimum Gasteiger partial charge on any atom is -0.330 e. The summed E-state index contributed by atoms with van der Waals surface area (Å²) < 4.78 is 0. The lowest BCUT2D eigenvalue weighted by atomic mass is 9.87. The van der Waals surface area contributed by atoms with Gasteiger partial charge in [0.1, 0.15) is 0 Å². The van der Waals surface area contributed by atoms with E-state index in [0.717, 1.165) is 13.1 Å². The van der Waals surface area contributed by atoms with Crippen LogP contribution in [0.4, 0.5) is 0 Å².